The van der Waals surface area contributed by atoms with E-state index < -0.39 is 15.8 Å². The van der Waals surface area contributed by atoms with Gasteiger partial charge in [0.15, 0.2) is 0 Å². The predicted octanol–water partition coefficient (Wildman–Crippen LogP) is 4.49. The smallest absolute Gasteiger partial charge is 0.265 e. The highest BCUT2D eigenvalue weighted by atomic mass is 35.5. The van der Waals surface area contributed by atoms with E-state index in [2.05, 4.69) is 21.6 Å². The van der Waals surface area contributed by atoms with Crippen molar-refractivity contribution in [2.45, 2.75) is 20.3 Å². The number of sulfonamides is 1. The Morgan fingerprint density at radius 2 is 1.97 bits per heavy atom. The topological polar surface area (TPSA) is 93.1 Å². The van der Waals surface area contributed by atoms with Gasteiger partial charge in [0.2, 0.25) is 10.0 Å². The second-order valence-corrected chi connectivity index (χ2v) is 8.82. The van der Waals surface area contributed by atoms with E-state index in [1.807, 2.05) is 0 Å². The lowest BCUT2D eigenvalue weighted by Crippen LogP contribution is -2.17. The van der Waals surface area contributed by atoms with Crippen LogP contribution < -0.4 is 15.6 Å². The van der Waals surface area contributed by atoms with Crippen LogP contribution in [0.5, 0.6) is 0 Å². The summed E-state index contributed by atoms with van der Waals surface area (Å²) in [4.78, 5) is 16.9. The summed E-state index contributed by atoms with van der Waals surface area (Å²) in [6.45, 7) is 7.01. The summed E-state index contributed by atoms with van der Waals surface area (Å²) in [6, 6.07) is 5.64. The zero-order valence-electron chi connectivity index (χ0n) is 16.4. The number of aryl methyl sites for hydroxylation is 1. The van der Waals surface area contributed by atoms with Crippen molar-refractivity contribution in [2.24, 2.45) is 0 Å². The van der Waals surface area contributed by atoms with Crippen LogP contribution in [0.4, 0.5) is 21.5 Å². The Morgan fingerprint density at radius 1 is 1.27 bits per heavy atom. The van der Waals surface area contributed by atoms with Gasteiger partial charge in [-0.05, 0) is 43.2 Å². The molecule has 30 heavy (non-hydrogen) atoms. The first-order valence-electron chi connectivity index (χ1n) is 9.07. The standard InChI is InChI=1S/C20H20ClFN4O3S/c1-4-10-30(28,29)25-16-7-6-13(22)19(18(16)21)24-14-8-9-15-17(12(14)3)20(27)26(5-2)11-23-15/h5-9,11,24-25H,2,4,10H2,1,3H3. The van der Waals surface area contributed by atoms with Crippen molar-refractivity contribution in [1.29, 1.82) is 0 Å². The molecule has 0 unspecified atom stereocenters. The first kappa shape index (κ1) is 21.8. The van der Waals surface area contributed by atoms with E-state index in [-0.39, 0.29) is 27.7 Å². The van der Waals surface area contributed by atoms with Crippen molar-refractivity contribution in [3.8, 4) is 0 Å². The number of hydrogen-bond acceptors (Lipinski definition) is 5. The molecule has 3 rings (SSSR count). The van der Waals surface area contributed by atoms with Crippen molar-refractivity contribution in [3.63, 3.8) is 0 Å². The van der Waals surface area contributed by atoms with Crippen LogP contribution in [0.3, 0.4) is 0 Å². The molecule has 0 aliphatic heterocycles. The monoisotopic (exact) mass is 450 g/mol. The Bertz CT molecular complexity index is 1310. The third-order valence-corrected chi connectivity index (χ3v) is 6.37. The van der Waals surface area contributed by atoms with Gasteiger partial charge < -0.3 is 5.32 Å². The molecule has 7 nitrogen and oxygen atoms in total. The SMILES string of the molecule is C=Cn1cnc2ccc(Nc3c(F)ccc(NS(=O)(=O)CCC)c3Cl)c(C)c2c1=O. The minimum absolute atomic E-state index is 0.0585. The van der Waals surface area contributed by atoms with Crippen molar-refractivity contribution in [3.05, 3.63) is 63.9 Å². The second-order valence-electron chi connectivity index (χ2n) is 6.60. The minimum atomic E-state index is -3.61. The number of aromatic nitrogens is 2. The van der Waals surface area contributed by atoms with E-state index >= 15 is 0 Å². The molecule has 0 bridgehead atoms. The molecule has 1 heterocycles. The van der Waals surface area contributed by atoms with Crippen LogP contribution in [0.1, 0.15) is 18.9 Å². The normalized spacial score (nSPS) is 11.5. The molecule has 0 aliphatic carbocycles. The molecule has 2 aromatic carbocycles. The molecule has 0 amide bonds. The van der Waals surface area contributed by atoms with E-state index in [0.29, 0.717) is 28.6 Å². The average molecular weight is 451 g/mol. The predicted molar refractivity (Wildman–Crippen MR) is 120 cm³/mol. The molecule has 0 fully saturated rings. The van der Waals surface area contributed by atoms with Crippen LogP contribution in [0.25, 0.3) is 17.1 Å². The fourth-order valence-corrected chi connectivity index (χ4v) is 4.46. The Hall–Kier alpha value is -2.91. The maximum absolute atomic E-state index is 14.5. The van der Waals surface area contributed by atoms with Gasteiger partial charge in [0.1, 0.15) is 12.1 Å². The molecule has 0 saturated heterocycles. The first-order chi connectivity index (χ1) is 14.2. The summed E-state index contributed by atoms with van der Waals surface area (Å²) in [5, 5.41) is 3.10. The average Bonchev–Trinajstić information content (AvgIpc) is 2.69. The summed E-state index contributed by atoms with van der Waals surface area (Å²) in [5.74, 6) is -0.761. The van der Waals surface area contributed by atoms with Crippen LogP contribution in [0, 0.1) is 12.7 Å². The summed E-state index contributed by atoms with van der Waals surface area (Å²) in [5.41, 5.74) is 1.08. The van der Waals surface area contributed by atoms with Crippen LogP contribution in [-0.4, -0.2) is 23.7 Å². The highest BCUT2D eigenvalue weighted by molar-refractivity contribution is 7.92. The fourth-order valence-electron chi connectivity index (χ4n) is 3.01. The van der Waals surface area contributed by atoms with Crippen molar-refractivity contribution >= 4 is 55.8 Å². The van der Waals surface area contributed by atoms with E-state index in [9.17, 15) is 17.6 Å². The Morgan fingerprint density at radius 3 is 2.63 bits per heavy atom. The largest absolute Gasteiger partial charge is 0.352 e. The molecule has 0 atom stereocenters. The lowest BCUT2D eigenvalue weighted by atomic mass is 10.1. The molecule has 2 N–H and O–H groups in total. The van der Waals surface area contributed by atoms with Crippen LogP contribution >= 0.6 is 11.6 Å². The van der Waals surface area contributed by atoms with Crippen LogP contribution in [0.2, 0.25) is 5.02 Å². The van der Waals surface area contributed by atoms with E-state index in [4.69, 9.17) is 11.6 Å². The molecular weight excluding hydrogens is 431 g/mol. The maximum atomic E-state index is 14.5. The number of benzene rings is 2. The van der Waals surface area contributed by atoms with Gasteiger partial charge in [0, 0.05) is 11.9 Å². The van der Waals surface area contributed by atoms with E-state index in [1.54, 1.807) is 26.0 Å². The van der Waals surface area contributed by atoms with Gasteiger partial charge in [-0.25, -0.2) is 17.8 Å². The molecule has 0 aliphatic rings. The highest BCUT2D eigenvalue weighted by Gasteiger charge is 2.18. The zero-order chi connectivity index (χ0) is 22.1. The Labute approximate surface area is 178 Å². The van der Waals surface area contributed by atoms with Gasteiger partial charge in [0.25, 0.3) is 5.56 Å². The van der Waals surface area contributed by atoms with E-state index in [1.165, 1.54) is 23.2 Å². The van der Waals surface area contributed by atoms with Crippen molar-refractivity contribution in [1.82, 2.24) is 9.55 Å². The number of rotatable bonds is 7. The van der Waals surface area contributed by atoms with Crippen LogP contribution in [0.15, 0.2) is 42.0 Å². The lowest BCUT2D eigenvalue weighted by molar-refractivity contribution is 0.599. The molecular formula is C20H20ClFN4O3S. The quantitative estimate of drug-likeness (QED) is 0.553. The second kappa shape index (κ2) is 8.45. The maximum Gasteiger partial charge on any atom is 0.265 e. The van der Waals surface area contributed by atoms with Crippen LogP contribution in [-0.2, 0) is 10.0 Å². The molecule has 10 heteroatoms. The molecule has 0 spiro atoms. The lowest BCUT2D eigenvalue weighted by Gasteiger charge is -2.16. The number of nitrogens with one attached hydrogen (secondary N) is 2. The fraction of sp³-hybridized carbons (Fsp3) is 0.200. The molecule has 0 saturated carbocycles. The molecule has 0 radical (unpaired) electrons. The minimum Gasteiger partial charge on any atom is -0.352 e. The zero-order valence-corrected chi connectivity index (χ0v) is 17.9. The number of fused-ring (bicyclic) bond motifs is 1. The Kier molecular flexibility index (Phi) is 6.14. The molecule has 1 aromatic heterocycles. The summed E-state index contributed by atoms with van der Waals surface area (Å²) < 4.78 is 42.3. The van der Waals surface area contributed by atoms with Crippen molar-refractivity contribution < 1.29 is 12.8 Å². The highest BCUT2D eigenvalue weighted by Crippen LogP contribution is 2.36. The number of hydrogen-bond donors (Lipinski definition) is 2. The Balaban J connectivity index is 2.08. The van der Waals surface area contributed by atoms with E-state index in [0.717, 1.165) is 6.07 Å². The summed E-state index contributed by atoms with van der Waals surface area (Å²) in [6.07, 6.45) is 3.13. The molecule has 158 valence electrons. The number of anilines is 3. The third kappa shape index (κ3) is 4.17. The van der Waals surface area contributed by atoms with Gasteiger partial charge in [-0.15, -0.1) is 0 Å². The van der Waals surface area contributed by atoms with Gasteiger partial charge in [0.05, 0.1) is 33.1 Å². The first-order valence-corrected chi connectivity index (χ1v) is 11.1. The number of nitrogens with zero attached hydrogens (tertiary/aromatic N) is 2. The summed E-state index contributed by atoms with van der Waals surface area (Å²) >= 11 is 6.30. The number of halogens is 2. The van der Waals surface area contributed by atoms with Gasteiger partial charge in [-0.3, -0.25) is 14.1 Å². The van der Waals surface area contributed by atoms with Gasteiger partial charge >= 0.3 is 0 Å². The summed E-state index contributed by atoms with van der Waals surface area (Å²) in [7, 11) is -3.61. The molecule has 3 aromatic rings. The van der Waals surface area contributed by atoms with Gasteiger partial charge in [-0.1, -0.05) is 25.1 Å². The third-order valence-electron chi connectivity index (χ3n) is 4.50. The van der Waals surface area contributed by atoms with Gasteiger partial charge in [-0.2, -0.15) is 0 Å². The van der Waals surface area contributed by atoms with Crippen molar-refractivity contribution in [2.75, 3.05) is 15.8 Å².